The molecule has 2 aromatic rings. The first kappa shape index (κ1) is 27.4. The average molecular weight is 522 g/mol. The van der Waals surface area contributed by atoms with E-state index in [0.717, 1.165) is 0 Å². The van der Waals surface area contributed by atoms with E-state index >= 15 is 0 Å². The van der Waals surface area contributed by atoms with E-state index in [2.05, 4.69) is 0 Å². The number of rotatable bonds is 9. The Morgan fingerprint density at radius 3 is 2.72 bits per heavy atom. The number of nitrogens with zero attached hydrogens (tertiary/aromatic N) is 1. The van der Waals surface area contributed by atoms with Crippen LogP contribution < -0.4 is 10.2 Å². The first-order chi connectivity index (χ1) is 17.2. The second-order valence-electron chi connectivity index (χ2n) is 8.27. The lowest BCUT2D eigenvalue weighted by atomic mass is 10.0. The molecule has 2 atom stereocenters. The minimum Gasteiger partial charge on any atom is -0.497 e. The van der Waals surface area contributed by atoms with Crippen molar-refractivity contribution in [2.45, 2.75) is 39.0 Å². The van der Waals surface area contributed by atoms with E-state index in [1.54, 1.807) is 27.0 Å². The molecule has 36 heavy (non-hydrogen) atoms. The third kappa shape index (κ3) is 6.34. The van der Waals surface area contributed by atoms with Crippen LogP contribution in [0.2, 0.25) is 0 Å². The maximum atomic E-state index is 14.3. The quantitative estimate of drug-likeness (QED) is 0.379. The zero-order chi connectivity index (χ0) is 26.4. The molecule has 8 nitrogen and oxygen atoms in total. The molecule has 10 heteroatoms. The molecule has 1 aromatic heterocycles. The molecular weight excluding hydrogens is 493 g/mol. The Hall–Kier alpha value is -3.14. The van der Waals surface area contributed by atoms with Crippen LogP contribution in [0.3, 0.4) is 0 Å². The fourth-order valence-electron chi connectivity index (χ4n) is 3.86. The van der Waals surface area contributed by atoms with Crippen LogP contribution in [0, 0.1) is 5.82 Å². The van der Waals surface area contributed by atoms with Gasteiger partial charge in [0.2, 0.25) is 0 Å². The molecule has 1 aliphatic rings. The first-order valence-electron chi connectivity index (χ1n) is 11.3. The van der Waals surface area contributed by atoms with Gasteiger partial charge in [-0.2, -0.15) is 0 Å². The van der Waals surface area contributed by atoms with Crippen LogP contribution >= 0.6 is 11.6 Å². The molecule has 3 rings (SSSR count). The highest BCUT2D eigenvalue weighted by molar-refractivity contribution is 6.31. The van der Waals surface area contributed by atoms with Gasteiger partial charge >= 0.3 is 5.97 Å². The summed E-state index contributed by atoms with van der Waals surface area (Å²) >= 11 is 6.52. The molecule has 2 heterocycles. The van der Waals surface area contributed by atoms with Gasteiger partial charge in [-0.15, -0.1) is 0 Å². The molecule has 0 amide bonds. The third-order valence-electron chi connectivity index (χ3n) is 5.80. The van der Waals surface area contributed by atoms with Crippen LogP contribution in [-0.4, -0.2) is 49.2 Å². The van der Waals surface area contributed by atoms with Gasteiger partial charge in [-0.1, -0.05) is 11.6 Å². The molecule has 0 saturated heterocycles. The number of methoxy groups -OCH3 is 2. The van der Waals surface area contributed by atoms with Crippen LogP contribution in [-0.2, 0) is 20.6 Å². The largest absolute Gasteiger partial charge is 0.497 e. The number of allylic oxidation sites excluding steroid dienone is 3. The van der Waals surface area contributed by atoms with Gasteiger partial charge in [0.05, 0.1) is 24.9 Å². The molecular formula is C26H29ClFNO7. The predicted molar refractivity (Wildman–Crippen MR) is 132 cm³/mol. The lowest BCUT2D eigenvalue weighted by Crippen LogP contribution is -2.24. The van der Waals surface area contributed by atoms with E-state index in [1.807, 2.05) is 0 Å². The van der Waals surface area contributed by atoms with Crippen molar-refractivity contribution in [2.24, 2.45) is 0 Å². The standard InChI is InChI=1S/C26H29ClFNO7/c1-15-17(11-22(27)16(2)35-9-5-8-33-3)10-19-13-23(30)21(26(31)32)14-29(19)25(36-15)20-12-18(28)6-7-24(20)34-4/h6-7,11-15,25H,5,8-10H2,1-4H3,(H,31,32)/b17-11-,22-16-. The average Bonchev–Trinajstić information content (AvgIpc) is 2.96. The van der Waals surface area contributed by atoms with Crippen molar-refractivity contribution in [1.29, 1.82) is 0 Å². The highest BCUT2D eigenvalue weighted by atomic mass is 35.5. The molecule has 0 radical (unpaired) electrons. The van der Waals surface area contributed by atoms with Crippen molar-refractivity contribution in [3.05, 3.63) is 85.8 Å². The van der Waals surface area contributed by atoms with E-state index in [1.165, 1.54) is 42.1 Å². The van der Waals surface area contributed by atoms with Crippen LogP contribution in [0.15, 0.2) is 57.7 Å². The van der Waals surface area contributed by atoms with E-state index in [0.29, 0.717) is 53.0 Å². The summed E-state index contributed by atoms with van der Waals surface area (Å²) in [6.07, 6.45) is 2.35. The molecule has 194 valence electrons. The number of carboxylic acids is 1. The van der Waals surface area contributed by atoms with Gasteiger partial charge in [0.25, 0.3) is 0 Å². The number of aromatic carboxylic acids is 1. The van der Waals surface area contributed by atoms with Crippen LogP contribution in [0.25, 0.3) is 0 Å². The summed E-state index contributed by atoms with van der Waals surface area (Å²) in [4.78, 5) is 24.2. The van der Waals surface area contributed by atoms with E-state index in [-0.39, 0.29) is 6.42 Å². The summed E-state index contributed by atoms with van der Waals surface area (Å²) in [6, 6.07) is 5.23. The molecule has 0 saturated carbocycles. The number of hydrogen-bond donors (Lipinski definition) is 1. The van der Waals surface area contributed by atoms with Crippen molar-refractivity contribution >= 4 is 17.6 Å². The molecule has 0 aliphatic carbocycles. The van der Waals surface area contributed by atoms with Gasteiger partial charge < -0.3 is 28.6 Å². The van der Waals surface area contributed by atoms with Crippen molar-refractivity contribution in [3.63, 3.8) is 0 Å². The Balaban J connectivity index is 2.11. The Morgan fingerprint density at radius 2 is 2.06 bits per heavy atom. The number of carboxylic acid groups (broad SMARTS) is 1. The van der Waals surface area contributed by atoms with E-state index in [9.17, 15) is 19.1 Å². The second kappa shape index (κ2) is 12.2. The Morgan fingerprint density at radius 1 is 1.31 bits per heavy atom. The highest BCUT2D eigenvalue weighted by Gasteiger charge is 2.30. The fraction of sp³-hybridized carbons (Fsp3) is 0.385. The third-order valence-corrected chi connectivity index (χ3v) is 6.18. The Labute approximate surface area is 213 Å². The summed E-state index contributed by atoms with van der Waals surface area (Å²) < 4.78 is 38.2. The van der Waals surface area contributed by atoms with Crippen molar-refractivity contribution in [1.82, 2.24) is 4.57 Å². The lowest BCUT2D eigenvalue weighted by Gasteiger charge is -2.25. The molecule has 1 aliphatic heterocycles. The number of ether oxygens (including phenoxy) is 4. The molecule has 1 N–H and O–H groups in total. The second-order valence-corrected chi connectivity index (χ2v) is 8.67. The minimum atomic E-state index is -1.37. The smallest absolute Gasteiger partial charge is 0.341 e. The summed E-state index contributed by atoms with van der Waals surface area (Å²) in [6.45, 7) is 4.53. The zero-order valence-electron chi connectivity index (χ0n) is 20.5. The van der Waals surface area contributed by atoms with Gasteiger partial charge in [0.15, 0.2) is 11.7 Å². The van der Waals surface area contributed by atoms with Crippen molar-refractivity contribution < 1.29 is 33.2 Å². The van der Waals surface area contributed by atoms with E-state index in [4.69, 9.17) is 30.5 Å². The molecule has 2 unspecified atom stereocenters. The van der Waals surface area contributed by atoms with Gasteiger partial charge in [-0.05, 0) is 43.7 Å². The fourth-order valence-corrected chi connectivity index (χ4v) is 4.06. The summed E-state index contributed by atoms with van der Waals surface area (Å²) in [5.74, 6) is -1.03. The number of halogens is 2. The molecule has 0 spiro atoms. The normalized spacial score (nSPS) is 19.3. The number of pyridine rings is 1. The minimum absolute atomic E-state index is 0.234. The van der Waals surface area contributed by atoms with Gasteiger partial charge in [0, 0.05) is 50.1 Å². The van der Waals surface area contributed by atoms with E-state index < -0.39 is 35.1 Å². The number of hydrogen-bond acceptors (Lipinski definition) is 6. The monoisotopic (exact) mass is 521 g/mol. The lowest BCUT2D eigenvalue weighted by molar-refractivity contribution is 0.000356. The Bertz CT molecular complexity index is 1240. The van der Waals surface area contributed by atoms with Crippen LogP contribution in [0.5, 0.6) is 5.75 Å². The molecule has 0 bridgehead atoms. The maximum absolute atomic E-state index is 14.3. The van der Waals surface area contributed by atoms with Crippen molar-refractivity contribution in [2.75, 3.05) is 27.4 Å². The maximum Gasteiger partial charge on any atom is 0.341 e. The van der Waals surface area contributed by atoms with Crippen molar-refractivity contribution in [3.8, 4) is 5.75 Å². The number of aromatic nitrogens is 1. The Kier molecular flexibility index (Phi) is 9.31. The zero-order valence-corrected chi connectivity index (χ0v) is 21.3. The first-order valence-corrected chi connectivity index (χ1v) is 11.7. The van der Waals surface area contributed by atoms with Gasteiger partial charge in [-0.3, -0.25) is 4.79 Å². The summed E-state index contributed by atoms with van der Waals surface area (Å²) in [5.41, 5.74) is 0.452. The predicted octanol–water partition coefficient (Wildman–Crippen LogP) is 4.65. The summed E-state index contributed by atoms with van der Waals surface area (Å²) in [7, 11) is 3.06. The molecule has 0 fully saturated rings. The number of fused-ring (bicyclic) bond motifs is 1. The van der Waals surface area contributed by atoms with Gasteiger partial charge in [0.1, 0.15) is 22.9 Å². The SMILES string of the molecule is COCCCO/C(C)=C(Cl)/C=C1/Cc2cc(=O)c(C(=O)O)cn2C(c2cc(F)ccc2OC)OC1C. The number of carbonyl (C=O) groups is 1. The highest BCUT2D eigenvalue weighted by Crippen LogP contribution is 2.36. The van der Waals surface area contributed by atoms with Gasteiger partial charge in [-0.25, -0.2) is 9.18 Å². The summed E-state index contributed by atoms with van der Waals surface area (Å²) in [5, 5.41) is 9.89. The van der Waals surface area contributed by atoms with Crippen LogP contribution in [0.1, 0.15) is 48.1 Å². The topological polar surface area (TPSA) is 96.2 Å². The van der Waals surface area contributed by atoms with Crippen LogP contribution in [0.4, 0.5) is 4.39 Å². The number of benzene rings is 1. The molecule has 1 aromatic carbocycles.